The molecule has 148 valence electrons. The zero-order chi connectivity index (χ0) is 19.8. The molecule has 0 heterocycles. The Labute approximate surface area is 171 Å². The van der Waals surface area contributed by atoms with E-state index in [1.807, 2.05) is 48.5 Å². The first kappa shape index (κ1) is 20.2. The van der Waals surface area contributed by atoms with Crippen molar-refractivity contribution in [3.05, 3.63) is 64.7 Å². The lowest BCUT2D eigenvalue weighted by molar-refractivity contribution is -0.122. The summed E-state index contributed by atoms with van der Waals surface area (Å²) >= 11 is 5.91. The monoisotopic (exact) mass is 398 g/mol. The molecule has 6 heteroatoms. The number of nitrogens with one attached hydrogen (secondary N) is 3. The van der Waals surface area contributed by atoms with Gasteiger partial charge in [0, 0.05) is 36.8 Å². The summed E-state index contributed by atoms with van der Waals surface area (Å²) in [5.41, 5.74) is 3.16. The highest BCUT2D eigenvalue weighted by Crippen LogP contribution is 2.27. The first-order chi connectivity index (χ1) is 13.6. The fourth-order valence-electron chi connectivity index (χ4n) is 3.06. The Kier molecular flexibility index (Phi) is 7.31. The van der Waals surface area contributed by atoms with Gasteiger partial charge in [-0.3, -0.25) is 9.79 Å². The maximum Gasteiger partial charge on any atom is 0.227 e. The van der Waals surface area contributed by atoms with Crippen molar-refractivity contribution in [2.45, 2.75) is 32.2 Å². The minimum atomic E-state index is 0.135. The molecule has 0 aliphatic heterocycles. The van der Waals surface area contributed by atoms with Crippen LogP contribution in [0.15, 0.2) is 53.5 Å². The number of guanidine groups is 1. The van der Waals surface area contributed by atoms with Crippen molar-refractivity contribution in [1.29, 1.82) is 0 Å². The quantitative estimate of drug-likeness (QED) is 0.488. The number of hydrogen-bond donors (Lipinski definition) is 3. The molecule has 0 atom stereocenters. The van der Waals surface area contributed by atoms with Crippen molar-refractivity contribution in [2.24, 2.45) is 10.9 Å². The molecule has 0 spiro atoms. The van der Waals surface area contributed by atoms with Crippen LogP contribution in [-0.4, -0.2) is 25.5 Å². The van der Waals surface area contributed by atoms with Gasteiger partial charge < -0.3 is 16.0 Å². The molecule has 0 radical (unpaired) electrons. The van der Waals surface area contributed by atoms with E-state index in [9.17, 15) is 4.79 Å². The van der Waals surface area contributed by atoms with Crippen LogP contribution in [0.1, 0.15) is 30.4 Å². The lowest BCUT2D eigenvalue weighted by atomic mass is 9.85. The minimum absolute atomic E-state index is 0.135. The number of hydrogen-bond acceptors (Lipinski definition) is 2. The van der Waals surface area contributed by atoms with Crippen LogP contribution >= 0.6 is 11.6 Å². The van der Waals surface area contributed by atoms with Crippen molar-refractivity contribution in [1.82, 2.24) is 10.6 Å². The number of amides is 1. The summed E-state index contributed by atoms with van der Waals surface area (Å²) in [7, 11) is 1.76. The second kappa shape index (κ2) is 10.1. The van der Waals surface area contributed by atoms with Gasteiger partial charge in [0.15, 0.2) is 5.96 Å². The van der Waals surface area contributed by atoms with Crippen LogP contribution in [0.2, 0.25) is 5.02 Å². The van der Waals surface area contributed by atoms with E-state index < -0.39 is 0 Å². The molecule has 1 fully saturated rings. The van der Waals surface area contributed by atoms with Crippen molar-refractivity contribution in [2.75, 3.05) is 18.9 Å². The number of rotatable bonds is 7. The van der Waals surface area contributed by atoms with E-state index in [1.54, 1.807) is 7.05 Å². The topological polar surface area (TPSA) is 65.5 Å². The average molecular weight is 399 g/mol. The Bertz CT molecular complexity index is 816. The van der Waals surface area contributed by atoms with Crippen LogP contribution in [0, 0.1) is 5.92 Å². The molecular formula is C22H27ClN4O. The van der Waals surface area contributed by atoms with Crippen molar-refractivity contribution >= 4 is 29.2 Å². The standard InChI is InChI=1S/C22H27ClN4O/c1-24-22(25-13-12-16-8-10-19(23)11-9-16)26-15-17-4-2-7-20(14-17)27-21(28)18-5-3-6-18/h2,4,7-11,14,18H,3,5-6,12-13,15H2,1H3,(H,27,28)(H2,24,25,26). The van der Waals surface area contributed by atoms with E-state index in [4.69, 9.17) is 11.6 Å². The molecule has 1 aliphatic carbocycles. The summed E-state index contributed by atoms with van der Waals surface area (Å²) in [4.78, 5) is 16.4. The first-order valence-corrected chi connectivity index (χ1v) is 10.1. The third kappa shape index (κ3) is 5.99. The van der Waals surface area contributed by atoms with Gasteiger partial charge in [-0.15, -0.1) is 0 Å². The number of nitrogens with zero attached hydrogens (tertiary/aromatic N) is 1. The summed E-state index contributed by atoms with van der Waals surface area (Å²) < 4.78 is 0. The molecule has 0 unspecified atom stereocenters. The van der Waals surface area contributed by atoms with Gasteiger partial charge in [-0.05, 0) is 54.7 Å². The fourth-order valence-corrected chi connectivity index (χ4v) is 3.18. The normalized spacial score (nSPS) is 14.3. The molecule has 0 bridgehead atoms. The Morgan fingerprint density at radius 1 is 1.11 bits per heavy atom. The van der Waals surface area contributed by atoms with Gasteiger partial charge in [-0.1, -0.05) is 42.3 Å². The molecule has 2 aromatic rings. The first-order valence-electron chi connectivity index (χ1n) is 9.73. The molecule has 1 aliphatic rings. The summed E-state index contributed by atoms with van der Waals surface area (Å²) in [6.07, 6.45) is 4.06. The van der Waals surface area contributed by atoms with Gasteiger partial charge in [-0.2, -0.15) is 0 Å². The number of carbonyl (C=O) groups excluding carboxylic acids is 1. The second-order valence-electron chi connectivity index (χ2n) is 7.05. The lowest BCUT2D eigenvalue weighted by Gasteiger charge is -2.24. The van der Waals surface area contributed by atoms with E-state index in [1.165, 1.54) is 5.56 Å². The molecule has 3 N–H and O–H groups in total. The van der Waals surface area contributed by atoms with Gasteiger partial charge in [0.05, 0.1) is 0 Å². The number of anilines is 1. The number of halogens is 1. The summed E-state index contributed by atoms with van der Waals surface area (Å²) in [6.45, 7) is 1.41. The molecular weight excluding hydrogens is 372 g/mol. The molecule has 3 rings (SSSR count). The van der Waals surface area contributed by atoms with Crippen molar-refractivity contribution in [3.63, 3.8) is 0 Å². The largest absolute Gasteiger partial charge is 0.356 e. The highest BCUT2D eigenvalue weighted by Gasteiger charge is 2.25. The summed E-state index contributed by atoms with van der Waals surface area (Å²) in [6, 6.07) is 15.8. The van der Waals surface area contributed by atoms with Gasteiger partial charge in [0.25, 0.3) is 0 Å². The van der Waals surface area contributed by atoms with Crippen LogP contribution in [0.25, 0.3) is 0 Å². The maximum atomic E-state index is 12.1. The summed E-state index contributed by atoms with van der Waals surface area (Å²) in [5, 5.41) is 10.4. The number of aliphatic imine (C=N–C) groups is 1. The van der Waals surface area contributed by atoms with Crippen LogP contribution in [0.5, 0.6) is 0 Å². The van der Waals surface area contributed by atoms with E-state index in [2.05, 4.69) is 20.9 Å². The lowest BCUT2D eigenvalue weighted by Crippen LogP contribution is -2.37. The van der Waals surface area contributed by atoms with E-state index in [0.29, 0.717) is 6.54 Å². The van der Waals surface area contributed by atoms with Crippen molar-refractivity contribution < 1.29 is 4.79 Å². The Hall–Kier alpha value is -2.53. The van der Waals surface area contributed by atoms with Gasteiger partial charge in [0.2, 0.25) is 5.91 Å². The number of benzene rings is 2. The Morgan fingerprint density at radius 2 is 1.89 bits per heavy atom. The van der Waals surface area contributed by atoms with Crippen LogP contribution in [0.3, 0.4) is 0 Å². The Balaban J connectivity index is 1.44. The zero-order valence-electron chi connectivity index (χ0n) is 16.2. The van der Waals surface area contributed by atoms with E-state index in [0.717, 1.165) is 54.5 Å². The molecule has 1 saturated carbocycles. The third-order valence-electron chi connectivity index (χ3n) is 4.97. The highest BCUT2D eigenvalue weighted by molar-refractivity contribution is 6.30. The number of carbonyl (C=O) groups is 1. The molecule has 2 aromatic carbocycles. The van der Waals surface area contributed by atoms with Gasteiger partial charge in [0.1, 0.15) is 0 Å². The second-order valence-corrected chi connectivity index (χ2v) is 7.48. The van der Waals surface area contributed by atoms with Crippen molar-refractivity contribution in [3.8, 4) is 0 Å². The van der Waals surface area contributed by atoms with E-state index >= 15 is 0 Å². The average Bonchev–Trinajstić information content (AvgIpc) is 2.65. The zero-order valence-corrected chi connectivity index (χ0v) is 16.9. The van der Waals surface area contributed by atoms with Crippen LogP contribution in [-0.2, 0) is 17.8 Å². The third-order valence-corrected chi connectivity index (χ3v) is 5.23. The SMILES string of the molecule is CN=C(NCCc1ccc(Cl)cc1)NCc1cccc(NC(=O)C2CCC2)c1. The minimum Gasteiger partial charge on any atom is -0.356 e. The van der Waals surface area contributed by atoms with Crippen LogP contribution < -0.4 is 16.0 Å². The van der Waals surface area contributed by atoms with Crippen LogP contribution in [0.4, 0.5) is 5.69 Å². The highest BCUT2D eigenvalue weighted by atomic mass is 35.5. The Morgan fingerprint density at radius 3 is 2.57 bits per heavy atom. The smallest absolute Gasteiger partial charge is 0.227 e. The molecule has 1 amide bonds. The maximum absolute atomic E-state index is 12.1. The summed E-state index contributed by atoms with van der Waals surface area (Å²) in [5.74, 6) is 1.07. The van der Waals surface area contributed by atoms with Gasteiger partial charge in [-0.25, -0.2) is 0 Å². The molecule has 0 saturated heterocycles. The van der Waals surface area contributed by atoms with E-state index in [-0.39, 0.29) is 11.8 Å². The predicted molar refractivity (Wildman–Crippen MR) is 116 cm³/mol. The molecule has 28 heavy (non-hydrogen) atoms. The molecule has 5 nitrogen and oxygen atoms in total. The van der Waals surface area contributed by atoms with Gasteiger partial charge >= 0.3 is 0 Å². The fraction of sp³-hybridized carbons (Fsp3) is 0.364. The molecule has 0 aromatic heterocycles. The predicted octanol–water partition coefficient (Wildman–Crippen LogP) is 3.99.